The Morgan fingerprint density at radius 3 is 3.15 bits per heavy atom. The van der Waals surface area contributed by atoms with Gasteiger partial charge in [-0.2, -0.15) is 0 Å². The first kappa shape index (κ1) is 13.2. The molecule has 2 amide bonds. The van der Waals surface area contributed by atoms with Crippen LogP contribution in [-0.4, -0.2) is 37.2 Å². The molecule has 2 aliphatic rings. The first-order valence-corrected chi connectivity index (χ1v) is 7.28. The number of hydrogen-bond acceptors (Lipinski definition) is 3. The number of carbonyl (C=O) groups is 1. The van der Waals surface area contributed by atoms with E-state index in [1.807, 2.05) is 12.1 Å². The number of rotatable bonds is 4. The summed E-state index contributed by atoms with van der Waals surface area (Å²) in [7, 11) is 0. The van der Waals surface area contributed by atoms with Crippen molar-refractivity contribution in [1.29, 1.82) is 0 Å². The van der Waals surface area contributed by atoms with Crippen LogP contribution in [0.5, 0.6) is 5.75 Å². The highest BCUT2D eigenvalue weighted by Gasteiger charge is 2.21. The second-order valence-corrected chi connectivity index (χ2v) is 5.39. The fourth-order valence-electron chi connectivity index (χ4n) is 2.98. The molecular weight excluding hydrogens is 254 g/mol. The summed E-state index contributed by atoms with van der Waals surface area (Å²) in [6.45, 7) is 2.65. The van der Waals surface area contributed by atoms with Gasteiger partial charge in [-0.05, 0) is 36.5 Å². The Balaban J connectivity index is 1.63. The summed E-state index contributed by atoms with van der Waals surface area (Å²) in [5.41, 5.74) is 8.61. The summed E-state index contributed by atoms with van der Waals surface area (Å²) >= 11 is 0. The molecule has 0 bridgehead atoms. The number of nitrogens with zero attached hydrogens (tertiary/aromatic N) is 1. The minimum absolute atomic E-state index is 0.00529. The van der Waals surface area contributed by atoms with E-state index in [1.165, 1.54) is 11.1 Å². The van der Waals surface area contributed by atoms with Crippen LogP contribution in [0.15, 0.2) is 18.2 Å². The topological polar surface area (TPSA) is 67.6 Å². The molecule has 1 saturated heterocycles. The van der Waals surface area contributed by atoms with Crippen LogP contribution in [0.2, 0.25) is 0 Å². The van der Waals surface area contributed by atoms with Crippen molar-refractivity contribution in [3.8, 4) is 5.75 Å². The fourth-order valence-corrected chi connectivity index (χ4v) is 2.98. The fraction of sp³-hybridized carbons (Fsp3) is 0.533. The number of amides is 2. The van der Waals surface area contributed by atoms with Gasteiger partial charge >= 0.3 is 6.03 Å². The van der Waals surface area contributed by atoms with E-state index < -0.39 is 0 Å². The Hall–Kier alpha value is -1.75. The molecule has 3 N–H and O–H groups in total. The molecule has 5 nitrogen and oxygen atoms in total. The predicted octanol–water partition coefficient (Wildman–Crippen LogP) is 1.43. The third-order valence-corrected chi connectivity index (χ3v) is 4.07. The average molecular weight is 275 g/mol. The van der Waals surface area contributed by atoms with Gasteiger partial charge in [-0.25, -0.2) is 4.79 Å². The van der Waals surface area contributed by atoms with E-state index in [2.05, 4.69) is 11.4 Å². The van der Waals surface area contributed by atoms with Crippen LogP contribution in [-0.2, 0) is 6.42 Å². The summed E-state index contributed by atoms with van der Waals surface area (Å²) < 4.78 is 5.89. The van der Waals surface area contributed by atoms with Gasteiger partial charge < -0.3 is 20.7 Å². The number of nitrogens with one attached hydrogen (secondary N) is 1. The molecule has 3 rings (SSSR count). The highest BCUT2D eigenvalue weighted by atomic mass is 16.5. The third kappa shape index (κ3) is 2.58. The van der Waals surface area contributed by atoms with E-state index in [1.54, 1.807) is 4.90 Å². The van der Waals surface area contributed by atoms with Gasteiger partial charge in [0.05, 0.1) is 6.54 Å². The van der Waals surface area contributed by atoms with E-state index in [0.29, 0.717) is 13.2 Å². The average Bonchev–Trinajstić information content (AvgIpc) is 2.86. The van der Waals surface area contributed by atoms with Crippen molar-refractivity contribution in [1.82, 2.24) is 10.2 Å². The second-order valence-electron chi connectivity index (χ2n) is 5.39. The molecular formula is C15H21N3O2. The van der Waals surface area contributed by atoms with Gasteiger partial charge in [0.1, 0.15) is 12.4 Å². The van der Waals surface area contributed by atoms with E-state index in [-0.39, 0.29) is 12.1 Å². The van der Waals surface area contributed by atoms with Crippen molar-refractivity contribution < 1.29 is 9.53 Å². The van der Waals surface area contributed by atoms with E-state index >= 15 is 0 Å². The molecule has 1 fully saturated rings. The molecule has 1 aromatic carbocycles. The van der Waals surface area contributed by atoms with Crippen LogP contribution in [0.3, 0.4) is 0 Å². The number of urea groups is 1. The summed E-state index contributed by atoms with van der Waals surface area (Å²) in [5.74, 6) is 0.928. The molecule has 1 aromatic rings. The smallest absolute Gasteiger partial charge is 0.317 e. The van der Waals surface area contributed by atoms with E-state index in [9.17, 15) is 4.79 Å². The molecule has 1 atom stereocenters. The zero-order chi connectivity index (χ0) is 13.9. The SMILES string of the molecule is NC1CCCc2c(OCCN3CCNC3=O)cccc21. The van der Waals surface area contributed by atoms with Crippen LogP contribution >= 0.6 is 0 Å². The lowest BCUT2D eigenvalue weighted by molar-refractivity contribution is 0.202. The standard InChI is InChI=1S/C15H21N3O2/c16-13-5-1-4-12-11(13)3-2-6-14(12)20-10-9-18-8-7-17-15(18)19/h2-3,6,13H,1,4-5,7-10,16H2,(H,17,19). The zero-order valence-corrected chi connectivity index (χ0v) is 11.6. The maximum absolute atomic E-state index is 11.4. The molecule has 0 saturated carbocycles. The third-order valence-electron chi connectivity index (χ3n) is 4.07. The van der Waals surface area contributed by atoms with Crippen LogP contribution in [0.1, 0.15) is 30.0 Å². The van der Waals surface area contributed by atoms with Gasteiger partial charge in [0.25, 0.3) is 0 Å². The number of benzene rings is 1. The Morgan fingerprint density at radius 1 is 1.45 bits per heavy atom. The van der Waals surface area contributed by atoms with Gasteiger partial charge in [0, 0.05) is 19.1 Å². The van der Waals surface area contributed by atoms with E-state index in [4.69, 9.17) is 10.5 Å². The van der Waals surface area contributed by atoms with E-state index in [0.717, 1.165) is 38.1 Å². The van der Waals surface area contributed by atoms with Crippen molar-refractivity contribution in [2.75, 3.05) is 26.2 Å². The predicted molar refractivity (Wildman–Crippen MR) is 76.8 cm³/mol. The van der Waals surface area contributed by atoms with Gasteiger partial charge in [-0.1, -0.05) is 12.1 Å². The Kier molecular flexibility index (Phi) is 3.78. The molecule has 1 aliphatic heterocycles. The number of nitrogens with two attached hydrogens (primary N) is 1. The lowest BCUT2D eigenvalue weighted by Crippen LogP contribution is -2.32. The normalized spacial score (nSPS) is 21.6. The summed E-state index contributed by atoms with van der Waals surface area (Å²) in [6.07, 6.45) is 3.19. The van der Waals surface area contributed by atoms with Crippen LogP contribution in [0, 0.1) is 0 Å². The van der Waals surface area contributed by atoms with Gasteiger partial charge in [-0.15, -0.1) is 0 Å². The maximum atomic E-state index is 11.4. The highest BCUT2D eigenvalue weighted by molar-refractivity contribution is 5.76. The van der Waals surface area contributed by atoms with Crippen molar-refractivity contribution in [3.63, 3.8) is 0 Å². The van der Waals surface area contributed by atoms with Crippen LogP contribution < -0.4 is 15.8 Å². The quantitative estimate of drug-likeness (QED) is 0.873. The molecule has 1 aliphatic carbocycles. The molecule has 5 heteroatoms. The van der Waals surface area contributed by atoms with Crippen LogP contribution in [0.25, 0.3) is 0 Å². The molecule has 20 heavy (non-hydrogen) atoms. The number of fused-ring (bicyclic) bond motifs is 1. The van der Waals surface area contributed by atoms with Crippen molar-refractivity contribution in [2.45, 2.75) is 25.3 Å². The van der Waals surface area contributed by atoms with Crippen molar-refractivity contribution in [3.05, 3.63) is 29.3 Å². The van der Waals surface area contributed by atoms with Crippen molar-refractivity contribution in [2.24, 2.45) is 5.73 Å². The van der Waals surface area contributed by atoms with Crippen LogP contribution in [0.4, 0.5) is 4.79 Å². The molecule has 0 aromatic heterocycles. The molecule has 0 radical (unpaired) electrons. The number of hydrogen-bond donors (Lipinski definition) is 2. The molecule has 1 heterocycles. The second kappa shape index (κ2) is 5.71. The molecule has 0 spiro atoms. The Bertz CT molecular complexity index is 504. The molecule has 108 valence electrons. The lowest BCUT2D eigenvalue weighted by Gasteiger charge is -2.24. The Morgan fingerprint density at radius 2 is 2.35 bits per heavy atom. The van der Waals surface area contributed by atoms with Gasteiger partial charge in [0.15, 0.2) is 0 Å². The Labute approximate surface area is 119 Å². The van der Waals surface area contributed by atoms with Crippen molar-refractivity contribution >= 4 is 6.03 Å². The highest BCUT2D eigenvalue weighted by Crippen LogP contribution is 2.33. The van der Waals surface area contributed by atoms with Gasteiger partial charge in [-0.3, -0.25) is 0 Å². The monoisotopic (exact) mass is 275 g/mol. The number of ether oxygens (including phenoxy) is 1. The van der Waals surface area contributed by atoms with Gasteiger partial charge in [0.2, 0.25) is 0 Å². The lowest BCUT2D eigenvalue weighted by atomic mass is 9.88. The largest absolute Gasteiger partial charge is 0.491 e. The first-order chi connectivity index (χ1) is 9.75. The summed E-state index contributed by atoms with van der Waals surface area (Å²) in [4.78, 5) is 13.2. The zero-order valence-electron chi connectivity index (χ0n) is 11.6. The molecule has 1 unspecified atom stereocenters. The minimum Gasteiger partial charge on any atom is -0.491 e. The maximum Gasteiger partial charge on any atom is 0.317 e. The first-order valence-electron chi connectivity index (χ1n) is 7.28. The minimum atomic E-state index is 0.00529. The number of carbonyl (C=O) groups excluding carboxylic acids is 1. The summed E-state index contributed by atoms with van der Waals surface area (Å²) in [5, 5.41) is 2.79. The summed E-state index contributed by atoms with van der Waals surface area (Å²) in [6, 6.07) is 6.24.